The molecule has 3 unspecified atom stereocenters. The van der Waals surface area contributed by atoms with Gasteiger partial charge in [0, 0.05) is 11.4 Å². The van der Waals surface area contributed by atoms with Gasteiger partial charge in [-0.1, -0.05) is 11.6 Å². The predicted molar refractivity (Wildman–Crippen MR) is 116 cm³/mol. The Kier molecular flexibility index (Phi) is 5.44. The fraction of sp³-hybridized carbons (Fsp3) is 0.609. The summed E-state index contributed by atoms with van der Waals surface area (Å²) in [6.07, 6.45) is 5.92. The quantitative estimate of drug-likeness (QED) is 0.507. The van der Waals surface area contributed by atoms with Crippen LogP contribution >= 0.6 is 11.6 Å². The highest BCUT2D eigenvalue weighted by molar-refractivity contribution is 6.30. The number of amides is 1. The van der Waals surface area contributed by atoms with E-state index >= 15 is 0 Å². The molecule has 0 aromatic heterocycles. The van der Waals surface area contributed by atoms with Crippen molar-refractivity contribution in [2.75, 3.05) is 0 Å². The highest BCUT2D eigenvalue weighted by Gasteiger charge is 2.56. The lowest BCUT2D eigenvalue weighted by Gasteiger charge is -2.59. The number of carbonyl (C=O) groups is 1. The van der Waals surface area contributed by atoms with Crippen molar-refractivity contribution < 1.29 is 9.53 Å². The Morgan fingerprint density at radius 2 is 1.90 bits per heavy atom. The molecule has 0 radical (unpaired) electrons. The fourth-order valence-corrected chi connectivity index (χ4v) is 6.48. The number of nitrogens with two attached hydrogens (primary N) is 2. The topological polar surface area (TPSA) is 114 Å². The molecule has 1 aromatic rings. The fourth-order valence-electron chi connectivity index (χ4n) is 6.35. The normalized spacial score (nSPS) is 34.2. The molecule has 3 atom stereocenters. The molecule has 6 nitrogen and oxygen atoms in total. The van der Waals surface area contributed by atoms with E-state index in [1.54, 1.807) is 24.3 Å². The van der Waals surface area contributed by atoms with Gasteiger partial charge < -0.3 is 16.2 Å². The molecule has 0 spiro atoms. The molecule has 4 N–H and O–H groups in total. The van der Waals surface area contributed by atoms with Crippen molar-refractivity contribution in [1.29, 1.82) is 5.26 Å². The van der Waals surface area contributed by atoms with Crippen LogP contribution < -0.4 is 16.2 Å². The summed E-state index contributed by atoms with van der Waals surface area (Å²) in [5, 5.41) is 10.0. The molecule has 0 heterocycles. The number of halogens is 1. The first-order chi connectivity index (χ1) is 14.2. The molecule has 7 heteroatoms. The molecule has 1 amide bonds. The van der Waals surface area contributed by atoms with Gasteiger partial charge in [0.05, 0.1) is 18.5 Å². The first-order valence-corrected chi connectivity index (χ1v) is 11.0. The second-order valence-electron chi connectivity index (χ2n) is 9.74. The highest BCUT2D eigenvalue weighted by atomic mass is 35.5. The van der Waals surface area contributed by atoms with Crippen LogP contribution in [-0.4, -0.2) is 23.4 Å². The van der Waals surface area contributed by atoms with Crippen molar-refractivity contribution in [2.24, 2.45) is 39.6 Å². The van der Waals surface area contributed by atoms with Crippen LogP contribution in [-0.2, 0) is 4.79 Å². The molecule has 0 saturated heterocycles. The Labute approximate surface area is 182 Å². The van der Waals surface area contributed by atoms with Crippen LogP contribution in [0.2, 0.25) is 5.02 Å². The molecule has 4 fully saturated rings. The van der Waals surface area contributed by atoms with E-state index in [1.807, 2.05) is 6.92 Å². The number of rotatable bonds is 7. The molecular weight excluding hydrogens is 400 g/mol. The molecule has 160 valence electrons. The Morgan fingerprint density at radius 1 is 1.27 bits per heavy atom. The highest BCUT2D eigenvalue weighted by Crippen LogP contribution is 2.62. The van der Waals surface area contributed by atoms with Crippen molar-refractivity contribution >= 4 is 23.3 Å². The maximum atomic E-state index is 11.7. The number of nitriles is 1. The average Bonchev–Trinajstić information content (AvgIpc) is 2.65. The third-order valence-corrected chi connectivity index (χ3v) is 7.55. The van der Waals surface area contributed by atoms with Crippen molar-refractivity contribution in [1.82, 2.24) is 0 Å². The minimum atomic E-state index is -1.01. The molecule has 5 rings (SSSR count). The van der Waals surface area contributed by atoms with E-state index in [-0.39, 0.29) is 23.8 Å². The number of primary amides is 1. The number of nitrogens with zero attached hydrogens (tertiary/aromatic N) is 2. The van der Waals surface area contributed by atoms with E-state index in [0.29, 0.717) is 40.8 Å². The number of aliphatic imine (C=N–C) groups is 1. The van der Waals surface area contributed by atoms with E-state index < -0.39 is 5.60 Å². The Hall–Kier alpha value is -2.26. The second kappa shape index (κ2) is 7.77. The lowest BCUT2D eigenvalue weighted by molar-refractivity contribution is -0.127. The molecule has 4 bridgehead atoms. The summed E-state index contributed by atoms with van der Waals surface area (Å²) in [5.74, 6) is 2.24. The molecular formula is C23H29ClN4O2. The van der Waals surface area contributed by atoms with Crippen molar-refractivity contribution in [3.63, 3.8) is 0 Å². The smallest absolute Gasteiger partial charge is 0.217 e. The largest absolute Gasteiger partial charge is 0.479 e. The maximum Gasteiger partial charge on any atom is 0.217 e. The van der Waals surface area contributed by atoms with Gasteiger partial charge >= 0.3 is 0 Å². The first kappa shape index (κ1) is 21.0. The number of benzene rings is 1. The minimum absolute atomic E-state index is 0.0544. The lowest BCUT2D eigenvalue weighted by atomic mass is 9.47. The zero-order valence-corrected chi connectivity index (χ0v) is 18.1. The number of hydrogen-bond acceptors (Lipinski definition) is 4. The number of carbonyl (C=O) groups excluding carboxylic acids is 1. The maximum absolute atomic E-state index is 11.7. The van der Waals surface area contributed by atoms with Crippen LogP contribution in [0, 0.1) is 34.5 Å². The molecule has 0 aliphatic heterocycles. The molecule has 1 aromatic carbocycles. The van der Waals surface area contributed by atoms with Crippen LogP contribution in [0.15, 0.2) is 29.3 Å². The SMILES string of the molecule is CC(CC#N)(Oc1ccc(Cl)cc1)C(N)=NC1C2CC3CC1CC(CC(N)=O)(C3)C2. The monoisotopic (exact) mass is 428 g/mol. The third kappa shape index (κ3) is 4.00. The average molecular weight is 429 g/mol. The van der Waals surface area contributed by atoms with Gasteiger partial charge in [-0.2, -0.15) is 5.26 Å². The van der Waals surface area contributed by atoms with Gasteiger partial charge in [0.25, 0.3) is 0 Å². The van der Waals surface area contributed by atoms with E-state index in [2.05, 4.69) is 6.07 Å². The summed E-state index contributed by atoms with van der Waals surface area (Å²) in [5.41, 5.74) is 11.1. The van der Waals surface area contributed by atoms with Crippen LogP contribution in [0.1, 0.15) is 51.9 Å². The van der Waals surface area contributed by atoms with E-state index in [9.17, 15) is 10.1 Å². The van der Waals surface area contributed by atoms with Gasteiger partial charge in [0.2, 0.25) is 5.91 Å². The molecule has 4 aliphatic carbocycles. The predicted octanol–water partition coefficient (Wildman–Crippen LogP) is 3.82. The number of ether oxygens (including phenoxy) is 1. The van der Waals surface area contributed by atoms with Gasteiger partial charge in [0.15, 0.2) is 5.60 Å². The van der Waals surface area contributed by atoms with E-state index in [1.165, 1.54) is 0 Å². The van der Waals surface area contributed by atoms with Crippen LogP contribution in [0.5, 0.6) is 5.75 Å². The Balaban J connectivity index is 1.56. The number of hydrogen-bond donors (Lipinski definition) is 2. The van der Waals surface area contributed by atoms with Crippen LogP contribution in [0.3, 0.4) is 0 Å². The molecule has 30 heavy (non-hydrogen) atoms. The second-order valence-corrected chi connectivity index (χ2v) is 10.2. The van der Waals surface area contributed by atoms with Crippen molar-refractivity contribution in [3.05, 3.63) is 29.3 Å². The Bertz CT molecular complexity index is 877. The van der Waals surface area contributed by atoms with Gasteiger partial charge in [-0.05, 0) is 86.5 Å². The van der Waals surface area contributed by atoms with Gasteiger partial charge in [-0.3, -0.25) is 9.79 Å². The Morgan fingerprint density at radius 3 is 2.47 bits per heavy atom. The van der Waals surface area contributed by atoms with Crippen LogP contribution in [0.4, 0.5) is 0 Å². The summed E-state index contributed by atoms with van der Waals surface area (Å²) in [6, 6.07) is 9.32. The summed E-state index contributed by atoms with van der Waals surface area (Å²) in [6.45, 7) is 1.81. The summed E-state index contributed by atoms with van der Waals surface area (Å²) in [7, 11) is 0. The van der Waals surface area contributed by atoms with Crippen LogP contribution in [0.25, 0.3) is 0 Å². The zero-order chi connectivity index (χ0) is 21.5. The summed E-state index contributed by atoms with van der Waals surface area (Å²) >= 11 is 5.96. The van der Waals surface area contributed by atoms with Gasteiger partial charge in [-0.15, -0.1) is 0 Å². The lowest BCUT2D eigenvalue weighted by Crippen LogP contribution is -2.55. The minimum Gasteiger partial charge on any atom is -0.479 e. The third-order valence-electron chi connectivity index (χ3n) is 7.30. The van der Waals surface area contributed by atoms with Gasteiger partial charge in [0.1, 0.15) is 11.6 Å². The van der Waals surface area contributed by atoms with Gasteiger partial charge in [-0.25, -0.2) is 0 Å². The van der Waals surface area contributed by atoms with E-state index in [4.69, 9.17) is 32.8 Å². The van der Waals surface area contributed by atoms with Crippen molar-refractivity contribution in [3.8, 4) is 11.8 Å². The van der Waals surface area contributed by atoms with Crippen molar-refractivity contribution in [2.45, 2.75) is 63.5 Å². The summed E-state index contributed by atoms with van der Waals surface area (Å²) in [4.78, 5) is 16.6. The molecule has 4 saturated carbocycles. The summed E-state index contributed by atoms with van der Waals surface area (Å²) < 4.78 is 6.13. The van der Waals surface area contributed by atoms with E-state index in [0.717, 1.165) is 32.1 Å². The first-order valence-electron chi connectivity index (χ1n) is 10.7. The molecule has 4 aliphatic rings. The zero-order valence-electron chi connectivity index (χ0n) is 17.3. The standard InChI is InChI=1S/C23H29ClN4O2/c1-22(6-7-25,30-18-4-2-17(24)3-5-18)21(27)28-20-15-8-14-9-16(20)12-23(10-14,11-15)13-19(26)29/h2-5,14-16,20H,6,8-13H2,1H3,(H2,26,29)(H2,27,28). The number of amidine groups is 1.